The van der Waals surface area contributed by atoms with Crippen LogP contribution in [0, 0.1) is 0 Å². The van der Waals surface area contributed by atoms with E-state index in [1.165, 1.54) is 4.68 Å². The van der Waals surface area contributed by atoms with Crippen molar-refractivity contribution in [2.24, 2.45) is 0 Å². The van der Waals surface area contributed by atoms with Gasteiger partial charge in [-0.1, -0.05) is 15.9 Å². The third kappa shape index (κ3) is 2.28. The fraction of sp³-hybridized carbons (Fsp3) is 0. The highest BCUT2D eigenvalue weighted by atomic mass is 79.9. The van der Waals surface area contributed by atoms with Crippen LogP contribution in [0.1, 0.15) is 0 Å². The Morgan fingerprint density at radius 3 is 2.31 bits per heavy atom. The standard InChI is InChI=1S/C10H5Br3N2O/c11-6-1-3-7(4-2-6)15-10(16)9(13)8(12)5-14-15/h1-5H. The average Bonchev–Trinajstić information content (AvgIpc) is 2.28. The Balaban J connectivity index is 2.61. The molecule has 0 aliphatic heterocycles. The first kappa shape index (κ1) is 12.0. The van der Waals surface area contributed by atoms with Gasteiger partial charge in [0.05, 0.1) is 16.4 Å². The van der Waals surface area contributed by atoms with Crippen molar-refractivity contribution in [2.45, 2.75) is 0 Å². The first-order chi connectivity index (χ1) is 7.59. The molecule has 82 valence electrons. The van der Waals surface area contributed by atoms with Crippen molar-refractivity contribution in [3.8, 4) is 5.69 Å². The van der Waals surface area contributed by atoms with Crippen molar-refractivity contribution in [3.63, 3.8) is 0 Å². The summed E-state index contributed by atoms with van der Waals surface area (Å²) in [5.74, 6) is 0. The Kier molecular flexibility index (Phi) is 3.61. The van der Waals surface area contributed by atoms with Crippen LogP contribution < -0.4 is 5.56 Å². The first-order valence-corrected chi connectivity index (χ1v) is 6.67. The van der Waals surface area contributed by atoms with Crippen LogP contribution in [0.15, 0.2) is 48.7 Å². The normalized spacial score (nSPS) is 10.4. The van der Waals surface area contributed by atoms with Crippen molar-refractivity contribution in [2.75, 3.05) is 0 Å². The van der Waals surface area contributed by atoms with Gasteiger partial charge in [-0.15, -0.1) is 0 Å². The van der Waals surface area contributed by atoms with Gasteiger partial charge in [0.1, 0.15) is 4.47 Å². The fourth-order valence-corrected chi connectivity index (χ4v) is 1.97. The van der Waals surface area contributed by atoms with E-state index in [9.17, 15) is 4.79 Å². The molecule has 0 fully saturated rings. The predicted molar refractivity (Wildman–Crippen MR) is 72.9 cm³/mol. The molecular formula is C10H5Br3N2O. The second kappa shape index (κ2) is 4.81. The molecule has 0 spiro atoms. The number of rotatable bonds is 1. The molecule has 0 atom stereocenters. The van der Waals surface area contributed by atoms with Crippen LogP contribution in [0.2, 0.25) is 0 Å². The van der Waals surface area contributed by atoms with E-state index in [0.717, 1.165) is 10.2 Å². The second-order valence-electron chi connectivity index (χ2n) is 3.00. The van der Waals surface area contributed by atoms with E-state index in [2.05, 4.69) is 52.9 Å². The molecule has 0 bridgehead atoms. The van der Waals surface area contributed by atoms with Crippen LogP contribution in [-0.4, -0.2) is 9.78 Å². The third-order valence-corrected chi connectivity index (χ3v) is 4.38. The quantitative estimate of drug-likeness (QED) is 0.723. The topological polar surface area (TPSA) is 34.9 Å². The molecule has 0 saturated carbocycles. The van der Waals surface area contributed by atoms with Crippen LogP contribution in [0.3, 0.4) is 0 Å². The fourth-order valence-electron chi connectivity index (χ4n) is 1.18. The zero-order valence-electron chi connectivity index (χ0n) is 7.82. The number of hydrogen-bond donors (Lipinski definition) is 0. The van der Waals surface area contributed by atoms with E-state index in [1.807, 2.05) is 24.3 Å². The average molecular weight is 409 g/mol. The summed E-state index contributed by atoms with van der Waals surface area (Å²) in [5, 5.41) is 4.05. The molecule has 1 heterocycles. The predicted octanol–water partition coefficient (Wildman–Crippen LogP) is 3.52. The number of aromatic nitrogens is 2. The Labute approximate surface area is 117 Å². The van der Waals surface area contributed by atoms with E-state index in [-0.39, 0.29) is 5.56 Å². The number of hydrogen-bond acceptors (Lipinski definition) is 2. The van der Waals surface area contributed by atoms with E-state index >= 15 is 0 Å². The molecule has 0 aliphatic rings. The zero-order chi connectivity index (χ0) is 11.7. The van der Waals surface area contributed by atoms with Crippen molar-refractivity contribution < 1.29 is 0 Å². The van der Waals surface area contributed by atoms with Crippen LogP contribution in [0.4, 0.5) is 0 Å². The highest BCUT2D eigenvalue weighted by Gasteiger charge is 2.07. The maximum absolute atomic E-state index is 11.9. The molecule has 0 unspecified atom stereocenters. The zero-order valence-corrected chi connectivity index (χ0v) is 12.6. The Hall–Kier alpha value is -0.460. The van der Waals surface area contributed by atoms with Gasteiger partial charge in [0.15, 0.2) is 0 Å². The molecule has 6 heteroatoms. The maximum Gasteiger partial charge on any atom is 0.286 e. The van der Waals surface area contributed by atoms with Crippen LogP contribution in [0.5, 0.6) is 0 Å². The third-order valence-electron chi connectivity index (χ3n) is 1.95. The van der Waals surface area contributed by atoms with E-state index < -0.39 is 0 Å². The molecular weight excluding hydrogens is 404 g/mol. The molecule has 0 N–H and O–H groups in total. The number of benzene rings is 1. The molecule has 0 amide bonds. The lowest BCUT2D eigenvalue weighted by Gasteiger charge is -2.05. The van der Waals surface area contributed by atoms with Crippen molar-refractivity contribution in [3.05, 3.63) is 54.2 Å². The smallest absolute Gasteiger partial charge is 0.266 e. The Morgan fingerprint density at radius 1 is 1.06 bits per heavy atom. The number of halogens is 3. The van der Waals surface area contributed by atoms with Gasteiger partial charge in [-0.3, -0.25) is 4.79 Å². The van der Waals surface area contributed by atoms with E-state index in [1.54, 1.807) is 6.20 Å². The van der Waals surface area contributed by atoms with Crippen molar-refractivity contribution >= 4 is 47.8 Å². The van der Waals surface area contributed by atoms with Crippen LogP contribution >= 0.6 is 47.8 Å². The van der Waals surface area contributed by atoms with Crippen LogP contribution in [0.25, 0.3) is 5.69 Å². The van der Waals surface area contributed by atoms with E-state index in [4.69, 9.17) is 0 Å². The molecule has 3 nitrogen and oxygen atoms in total. The SMILES string of the molecule is O=c1c(Br)c(Br)cnn1-c1ccc(Br)cc1. The Morgan fingerprint density at radius 2 is 1.69 bits per heavy atom. The highest BCUT2D eigenvalue weighted by molar-refractivity contribution is 9.13. The lowest BCUT2D eigenvalue weighted by Crippen LogP contribution is -2.21. The summed E-state index contributed by atoms with van der Waals surface area (Å²) < 4.78 is 3.40. The van der Waals surface area contributed by atoms with Crippen molar-refractivity contribution in [1.29, 1.82) is 0 Å². The monoisotopic (exact) mass is 406 g/mol. The molecule has 16 heavy (non-hydrogen) atoms. The minimum atomic E-state index is -0.198. The van der Waals surface area contributed by atoms with Gasteiger partial charge < -0.3 is 0 Å². The minimum Gasteiger partial charge on any atom is -0.266 e. The number of nitrogens with zero attached hydrogens (tertiary/aromatic N) is 2. The van der Waals surface area contributed by atoms with E-state index in [0.29, 0.717) is 8.95 Å². The second-order valence-corrected chi connectivity index (χ2v) is 5.56. The molecule has 2 rings (SSSR count). The summed E-state index contributed by atoms with van der Waals surface area (Å²) in [4.78, 5) is 11.9. The van der Waals surface area contributed by atoms with Gasteiger partial charge in [-0.25, -0.2) is 0 Å². The lowest BCUT2D eigenvalue weighted by molar-refractivity contribution is 0.796. The summed E-state index contributed by atoms with van der Waals surface area (Å²) >= 11 is 9.78. The Bertz CT molecular complexity index is 578. The molecule has 0 saturated heterocycles. The van der Waals surface area contributed by atoms with Gasteiger partial charge in [0.2, 0.25) is 0 Å². The van der Waals surface area contributed by atoms with Gasteiger partial charge in [-0.05, 0) is 56.1 Å². The van der Waals surface area contributed by atoms with Gasteiger partial charge in [-0.2, -0.15) is 9.78 Å². The van der Waals surface area contributed by atoms with Gasteiger partial charge >= 0.3 is 0 Å². The van der Waals surface area contributed by atoms with Gasteiger partial charge in [0.25, 0.3) is 5.56 Å². The highest BCUT2D eigenvalue weighted by Crippen LogP contribution is 2.18. The minimum absolute atomic E-state index is 0.198. The molecule has 0 radical (unpaired) electrons. The van der Waals surface area contributed by atoms with Crippen molar-refractivity contribution in [1.82, 2.24) is 9.78 Å². The van der Waals surface area contributed by atoms with Crippen LogP contribution in [-0.2, 0) is 0 Å². The first-order valence-electron chi connectivity index (χ1n) is 4.29. The molecule has 1 aromatic carbocycles. The molecule has 2 aromatic rings. The summed E-state index contributed by atoms with van der Waals surface area (Å²) in [5.41, 5.74) is 0.526. The maximum atomic E-state index is 11.9. The lowest BCUT2D eigenvalue weighted by atomic mass is 10.3. The summed E-state index contributed by atoms with van der Waals surface area (Å²) in [6.45, 7) is 0. The molecule has 1 aromatic heterocycles. The largest absolute Gasteiger partial charge is 0.286 e. The van der Waals surface area contributed by atoms with Gasteiger partial charge in [0, 0.05) is 4.47 Å². The summed E-state index contributed by atoms with van der Waals surface area (Å²) in [6.07, 6.45) is 1.58. The molecule has 0 aliphatic carbocycles. The summed E-state index contributed by atoms with van der Waals surface area (Å²) in [6, 6.07) is 7.36. The summed E-state index contributed by atoms with van der Waals surface area (Å²) in [7, 11) is 0.